The van der Waals surface area contributed by atoms with Crippen LogP contribution in [0, 0.1) is 0 Å². The van der Waals surface area contributed by atoms with Crippen LogP contribution in [0.2, 0.25) is 0 Å². The Labute approximate surface area is 138 Å². The predicted octanol–water partition coefficient (Wildman–Crippen LogP) is 2.39. The minimum Gasteiger partial charge on any atom is -0.342 e. The molecule has 0 atom stereocenters. The van der Waals surface area contributed by atoms with Crippen molar-refractivity contribution in [2.75, 3.05) is 19.6 Å². The maximum atomic E-state index is 12.5. The van der Waals surface area contributed by atoms with Gasteiger partial charge in [-0.1, -0.05) is 12.5 Å². The highest BCUT2D eigenvalue weighted by Gasteiger charge is 2.19. The van der Waals surface area contributed by atoms with Crippen LogP contribution in [0.5, 0.6) is 0 Å². The fourth-order valence-electron chi connectivity index (χ4n) is 2.78. The molecule has 0 bridgehead atoms. The summed E-state index contributed by atoms with van der Waals surface area (Å²) in [5.74, 6) is 0.235. The van der Waals surface area contributed by atoms with Gasteiger partial charge in [-0.05, 0) is 30.5 Å². The van der Waals surface area contributed by atoms with E-state index < -0.39 is 0 Å². The molecule has 1 aliphatic heterocycles. The van der Waals surface area contributed by atoms with Gasteiger partial charge in [0.15, 0.2) is 0 Å². The SMILES string of the molecule is C=CCN(Cc1ccncc1)C(=O)CCN1CCCCCC1=O. The van der Waals surface area contributed by atoms with Gasteiger partial charge in [0.25, 0.3) is 0 Å². The predicted molar refractivity (Wildman–Crippen MR) is 89.5 cm³/mol. The van der Waals surface area contributed by atoms with Crippen LogP contribution < -0.4 is 0 Å². The van der Waals surface area contributed by atoms with E-state index >= 15 is 0 Å². The van der Waals surface area contributed by atoms with Gasteiger partial charge in [-0.2, -0.15) is 0 Å². The Morgan fingerprint density at radius 3 is 2.83 bits per heavy atom. The quantitative estimate of drug-likeness (QED) is 0.726. The van der Waals surface area contributed by atoms with Crippen molar-refractivity contribution in [3.05, 3.63) is 42.7 Å². The zero-order chi connectivity index (χ0) is 16.5. The van der Waals surface area contributed by atoms with E-state index in [1.54, 1.807) is 23.4 Å². The Morgan fingerprint density at radius 1 is 1.30 bits per heavy atom. The molecule has 2 heterocycles. The second-order valence-corrected chi connectivity index (χ2v) is 5.86. The minimum absolute atomic E-state index is 0.0544. The Kier molecular flexibility index (Phi) is 6.78. The normalized spacial score (nSPS) is 15.1. The highest BCUT2D eigenvalue weighted by atomic mass is 16.2. The second-order valence-electron chi connectivity index (χ2n) is 5.86. The molecule has 1 saturated heterocycles. The molecule has 5 nitrogen and oxygen atoms in total. The molecule has 0 aliphatic carbocycles. The molecule has 2 rings (SSSR count). The standard InChI is InChI=1S/C18H25N3O2/c1-2-12-21(15-16-7-10-19-11-8-16)18(23)9-14-20-13-5-3-4-6-17(20)22/h2,7-8,10-11H,1,3-6,9,12-15H2. The first-order valence-corrected chi connectivity index (χ1v) is 8.26. The monoisotopic (exact) mass is 315 g/mol. The lowest BCUT2D eigenvalue weighted by Gasteiger charge is -2.24. The third-order valence-corrected chi connectivity index (χ3v) is 4.09. The van der Waals surface area contributed by atoms with E-state index in [1.165, 1.54) is 0 Å². The summed E-state index contributed by atoms with van der Waals surface area (Å²) in [5, 5.41) is 0. The summed E-state index contributed by atoms with van der Waals surface area (Å²) in [7, 11) is 0. The van der Waals surface area contributed by atoms with Crippen molar-refractivity contribution in [2.45, 2.75) is 38.6 Å². The van der Waals surface area contributed by atoms with Gasteiger partial charge in [0.2, 0.25) is 11.8 Å². The summed E-state index contributed by atoms with van der Waals surface area (Å²) < 4.78 is 0. The van der Waals surface area contributed by atoms with Gasteiger partial charge in [-0.3, -0.25) is 14.6 Å². The second kappa shape index (κ2) is 9.08. The highest BCUT2D eigenvalue weighted by molar-refractivity contribution is 5.79. The lowest BCUT2D eigenvalue weighted by Crippen LogP contribution is -2.36. The van der Waals surface area contributed by atoms with E-state index in [-0.39, 0.29) is 11.8 Å². The average molecular weight is 315 g/mol. The number of likely N-dealkylation sites (tertiary alicyclic amines) is 1. The number of carbonyl (C=O) groups is 2. The Balaban J connectivity index is 1.89. The van der Waals surface area contributed by atoms with Crippen LogP contribution in [-0.2, 0) is 16.1 Å². The molecule has 1 aromatic heterocycles. The molecule has 0 radical (unpaired) electrons. The fraction of sp³-hybridized carbons (Fsp3) is 0.500. The molecule has 0 N–H and O–H groups in total. The maximum absolute atomic E-state index is 12.5. The first kappa shape index (κ1) is 17.2. The number of carbonyl (C=O) groups excluding carboxylic acids is 2. The van der Waals surface area contributed by atoms with E-state index in [1.807, 2.05) is 17.0 Å². The molecular weight excluding hydrogens is 290 g/mol. The van der Waals surface area contributed by atoms with E-state index in [0.717, 1.165) is 31.4 Å². The first-order chi connectivity index (χ1) is 11.2. The number of aromatic nitrogens is 1. The topological polar surface area (TPSA) is 53.5 Å². The van der Waals surface area contributed by atoms with Crippen molar-refractivity contribution in [1.29, 1.82) is 0 Å². The Hall–Kier alpha value is -2.17. The van der Waals surface area contributed by atoms with Gasteiger partial charge < -0.3 is 9.80 Å². The third kappa shape index (κ3) is 5.51. The fourth-order valence-corrected chi connectivity index (χ4v) is 2.78. The number of nitrogens with zero attached hydrogens (tertiary/aromatic N) is 3. The van der Waals surface area contributed by atoms with Crippen LogP contribution in [0.4, 0.5) is 0 Å². The van der Waals surface area contributed by atoms with Crippen LogP contribution in [0.3, 0.4) is 0 Å². The van der Waals surface area contributed by atoms with Gasteiger partial charge in [0.1, 0.15) is 0 Å². The summed E-state index contributed by atoms with van der Waals surface area (Å²) in [6.07, 6.45) is 9.26. The van der Waals surface area contributed by atoms with Crippen molar-refractivity contribution in [3.63, 3.8) is 0 Å². The molecule has 0 spiro atoms. The molecule has 1 aromatic rings. The molecular formula is C18H25N3O2. The van der Waals surface area contributed by atoms with Crippen molar-refractivity contribution in [1.82, 2.24) is 14.8 Å². The lowest BCUT2D eigenvalue weighted by molar-refractivity contribution is -0.134. The van der Waals surface area contributed by atoms with Crippen LogP contribution in [0.1, 0.15) is 37.7 Å². The first-order valence-electron chi connectivity index (χ1n) is 8.26. The molecule has 23 heavy (non-hydrogen) atoms. The number of hydrogen-bond acceptors (Lipinski definition) is 3. The average Bonchev–Trinajstić information content (AvgIpc) is 2.77. The molecule has 0 saturated carbocycles. The Morgan fingerprint density at radius 2 is 2.09 bits per heavy atom. The lowest BCUT2D eigenvalue weighted by atomic mass is 10.2. The number of hydrogen-bond donors (Lipinski definition) is 0. The summed E-state index contributed by atoms with van der Waals surface area (Å²) in [5.41, 5.74) is 1.04. The van der Waals surface area contributed by atoms with Gasteiger partial charge in [0, 0.05) is 51.4 Å². The summed E-state index contributed by atoms with van der Waals surface area (Å²) >= 11 is 0. The molecule has 5 heteroatoms. The van der Waals surface area contributed by atoms with Crippen LogP contribution in [0.15, 0.2) is 37.2 Å². The number of rotatable bonds is 7. The third-order valence-electron chi connectivity index (χ3n) is 4.09. The van der Waals surface area contributed by atoms with Crippen molar-refractivity contribution < 1.29 is 9.59 Å². The van der Waals surface area contributed by atoms with E-state index in [2.05, 4.69) is 11.6 Å². The zero-order valence-electron chi connectivity index (χ0n) is 13.6. The smallest absolute Gasteiger partial charge is 0.224 e. The maximum Gasteiger partial charge on any atom is 0.224 e. The van der Waals surface area contributed by atoms with Gasteiger partial charge in [-0.15, -0.1) is 6.58 Å². The van der Waals surface area contributed by atoms with Gasteiger partial charge in [-0.25, -0.2) is 0 Å². The van der Waals surface area contributed by atoms with Crippen LogP contribution >= 0.6 is 0 Å². The van der Waals surface area contributed by atoms with E-state index in [0.29, 0.717) is 32.5 Å². The summed E-state index contributed by atoms with van der Waals surface area (Å²) in [6.45, 7) is 6.07. The van der Waals surface area contributed by atoms with Gasteiger partial charge >= 0.3 is 0 Å². The van der Waals surface area contributed by atoms with E-state index in [4.69, 9.17) is 0 Å². The van der Waals surface area contributed by atoms with Crippen LogP contribution in [0.25, 0.3) is 0 Å². The minimum atomic E-state index is 0.0544. The van der Waals surface area contributed by atoms with Crippen molar-refractivity contribution in [3.8, 4) is 0 Å². The van der Waals surface area contributed by atoms with Gasteiger partial charge in [0.05, 0.1) is 0 Å². The molecule has 1 aliphatic rings. The van der Waals surface area contributed by atoms with E-state index in [9.17, 15) is 9.59 Å². The zero-order valence-corrected chi connectivity index (χ0v) is 13.6. The number of amides is 2. The van der Waals surface area contributed by atoms with Crippen LogP contribution in [-0.4, -0.2) is 46.2 Å². The Bertz CT molecular complexity index is 530. The highest BCUT2D eigenvalue weighted by Crippen LogP contribution is 2.12. The number of pyridine rings is 1. The molecule has 0 aromatic carbocycles. The van der Waals surface area contributed by atoms with Crippen molar-refractivity contribution >= 4 is 11.8 Å². The molecule has 1 fully saturated rings. The molecule has 124 valence electrons. The molecule has 2 amide bonds. The molecule has 0 unspecified atom stereocenters. The summed E-state index contributed by atoms with van der Waals surface area (Å²) in [4.78, 5) is 32.1. The van der Waals surface area contributed by atoms with Crippen molar-refractivity contribution in [2.24, 2.45) is 0 Å². The largest absolute Gasteiger partial charge is 0.342 e. The summed E-state index contributed by atoms with van der Waals surface area (Å²) in [6, 6.07) is 3.81.